The van der Waals surface area contributed by atoms with Crippen molar-refractivity contribution in [2.45, 2.75) is 25.7 Å². The quantitative estimate of drug-likeness (QED) is 0.579. The zero-order valence-electron chi connectivity index (χ0n) is 7.00. The molecular formula is C8H14O3. The Morgan fingerprint density at radius 2 is 2.45 bits per heavy atom. The van der Waals surface area contributed by atoms with E-state index < -0.39 is 5.79 Å². The largest absolute Gasteiger partial charge is 0.499 e. The SMILES string of the molecule is C=COC[C@@H]1COC(C)(C)O1. The molecule has 1 rings (SSSR count). The van der Waals surface area contributed by atoms with Crippen molar-refractivity contribution in [2.75, 3.05) is 13.2 Å². The predicted molar refractivity (Wildman–Crippen MR) is 41.1 cm³/mol. The summed E-state index contributed by atoms with van der Waals surface area (Å²) in [7, 11) is 0. The second-order valence-corrected chi connectivity index (χ2v) is 2.95. The molecule has 3 nitrogen and oxygen atoms in total. The summed E-state index contributed by atoms with van der Waals surface area (Å²) < 4.78 is 15.7. The Morgan fingerprint density at radius 3 is 2.91 bits per heavy atom. The van der Waals surface area contributed by atoms with Gasteiger partial charge in [0.05, 0.1) is 12.9 Å². The molecule has 1 atom stereocenters. The molecule has 0 aromatic rings. The van der Waals surface area contributed by atoms with Gasteiger partial charge in [-0.3, -0.25) is 0 Å². The highest BCUT2D eigenvalue weighted by molar-refractivity contribution is 4.70. The predicted octanol–water partition coefficient (Wildman–Crippen LogP) is 1.30. The van der Waals surface area contributed by atoms with E-state index in [9.17, 15) is 0 Å². The molecule has 0 saturated carbocycles. The van der Waals surface area contributed by atoms with Gasteiger partial charge in [-0.15, -0.1) is 0 Å². The zero-order chi connectivity index (χ0) is 8.32. The van der Waals surface area contributed by atoms with E-state index in [0.29, 0.717) is 13.2 Å². The van der Waals surface area contributed by atoms with Gasteiger partial charge in [-0.1, -0.05) is 6.58 Å². The van der Waals surface area contributed by atoms with Gasteiger partial charge < -0.3 is 14.2 Å². The van der Waals surface area contributed by atoms with Crippen LogP contribution in [0.15, 0.2) is 12.8 Å². The van der Waals surface area contributed by atoms with Crippen molar-refractivity contribution in [2.24, 2.45) is 0 Å². The van der Waals surface area contributed by atoms with Gasteiger partial charge in [-0.05, 0) is 13.8 Å². The second kappa shape index (κ2) is 3.24. The Balaban J connectivity index is 2.24. The Hall–Kier alpha value is -0.540. The van der Waals surface area contributed by atoms with E-state index in [1.54, 1.807) is 0 Å². The molecule has 0 aromatic heterocycles. The summed E-state index contributed by atoms with van der Waals surface area (Å²) in [6.07, 6.45) is 1.46. The van der Waals surface area contributed by atoms with Crippen molar-refractivity contribution >= 4 is 0 Å². The molecule has 0 N–H and O–H groups in total. The van der Waals surface area contributed by atoms with E-state index >= 15 is 0 Å². The van der Waals surface area contributed by atoms with Crippen LogP contribution in [0, 0.1) is 0 Å². The molecule has 0 amide bonds. The third-order valence-corrected chi connectivity index (χ3v) is 1.47. The number of ether oxygens (including phenoxy) is 3. The molecule has 1 heterocycles. The van der Waals surface area contributed by atoms with Crippen molar-refractivity contribution in [3.63, 3.8) is 0 Å². The normalized spacial score (nSPS) is 28.4. The van der Waals surface area contributed by atoms with Crippen LogP contribution in [0.1, 0.15) is 13.8 Å². The molecule has 11 heavy (non-hydrogen) atoms. The minimum Gasteiger partial charge on any atom is -0.499 e. The third-order valence-electron chi connectivity index (χ3n) is 1.47. The van der Waals surface area contributed by atoms with E-state index in [1.165, 1.54) is 6.26 Å². The molecule has 0 aliphatic carbocycles. The fraction of sp³-hybridized carbons (Fsp3) is 0.750. The lowest BCUT2D eigenvalue weighted by atomic mass is 10.4. The Bertz CT molecular complexity index is 142. The summed E-state index contributed by atoms with van der Waals surface area (Å²) in [4.78, 5) is 0. The van der Waals surface area contributed by atoms with Crippen LogP contribution < -0.4 is 0 Å². The van der Waals surface area contributed by atoms with Crippen LogP contribution in [0.5, 0.6) is 0 Å². The molecule has 1 fully saturated rings. The van der Waals surface area contributed by atoms with E-state index in [-0.39, 0.29) is 6.10 Å². The fourth-order valence-corrected chi connectivity index (χ4v) is 1.02. The smallest absolute Gasteiger partial charge is 0.163 e. The van der Waals surface area contributed by atoms with Crippen LogP contribution in [-0.2, 0) is 14.2 Å². The monoisotopic (exact) mass is 158 g/mol. The standard InChI is InChI=1S/C8H14O3/c1-4-9-5-7-6-10-8(2,3)11-7/h4,7H,1,5-6H2,2-3H3/t7-/m1/s1. The summed E-state index contributed by atoms with van der Waals surface area (Å²) in [5.74, 6) is -0.449. The molecule has 64 valence electrons. The maximum Gasteiger partial charge on any atom is 0.163 e. The summed E-state index contributed by atoms with van der Waals surface area (Å²) >= 11 is 0. The van der Waals surface area contributed by atoms with Gasteiger partial charge in [0, 0.05) is 0 Å². The van der Waals surface area contributed by atoms with Crippen LogP contribution >= 0.6 is 0 Å². The van der Waals surface area contributed by atoms with Crippen LogP contribution in [-0.4, -0.2) is 25.1 Å². The van der Waals surface area contributed by atoms with E-state index in [1.807, 2.05) is 13.8 Å². The lowest BCUT2D eigenvalue weighted by Gasteiger charge is -2.16. The molecule has 0 unspecified atom stereocenters. The highest BCUT2D eigenvalue weighted by atomic mass is 16.7. The van der Waals surface area contributed by atoms with Crippen molar-refractivity contribution in [3.05, 3.63) is 12.8 Å². The van der Waals surface area contributed by atoms with Crippen molar-refractivity contribution in [1.82, 2.24) is 0 Å². The van der Waals surface area contributed by atoms with Crippen LogP contribution in [0.25, 0.3) is 0 Å². The highest BCUT2D eigenvalue weighted by Gasteiger charge is 2.32. The Kier molecular flexibility index (Phi) is 2.52. The lowest BCUT2D eigenvalue weighted by Crippen LogP contribution is -2.23. The molecule has 0 radical (unpaired) electrons. The van der Waals surface area contributed by atoms with E-state index in [2.05, 4.69) is 6.58 Å². The second-order valence-electron chi connectivity index (χ2n) is 2.95. The first kappa shape index (κ1) is 8.56. The van der Waals surface area contributed by atoms with Gasteiger partial charge in [-0.2, -0.15) is 0 Å². The number of rotatable bonds is 3. The first-order chi connectivity index (χ1) is 5.14. The van der Waals surface area contributed by atoms with Gasteiger partial charge in [-0.25, -0.2) is 0 Å². The molecule has 0 spiro atoms. The molecule has 1 aliphatic rings. The van der Waals surface area contributed by atoms with Gasteiger partial charge in [0.15, 0.2) is 5.79 Å². The van der Waals surface area contributed by atoms with Crippen LogP contribution in [0.2, 0.25) is 0 Å². The molecule has 3 heteroatoms. The van der Waals surface area contributed by atoms with Crippen molar-refractivity contribution in [3.8, 4) is 0 Å². The zero-order valence-corrected chi connectivity index (χ0v) is 7.00. The molecular weight excluding hydrogens is 144 g/mol. The summed E-state index contributed by atoms with van der Waals surface area (Å²) in [5, 5.41) is 0. The summed E-state index contributed by atoms with van der Waals surface area (Å²) in [5.41, 5.74) is 0. The van der Waals surface area contributed by atoms with Gasteiger partial charge in [0.25, 0.3) is 0 Å². The average Bonchev–Trinajstić information content (AvgIpc) is 2.26. The van der Waals surface area contributed by atoms with Gasteiger partial charge in [0.1, 0.15) is 12.7 Å². The minimum atomic E-state index is -0.449. The minimum absolute atomic E-state index is 0.0444. The Labute approximate surface area is 66.9 Å². The molecule has 1 saturated heterocycles. The summed E-state index contributed by atoms with van der Waals surface area (Å²) in [6.45, 7) is 8.34. The highest BCUT2D eigenvalue weighted by Crippen LogP contribution is 2.22. The van der Waals surface area contributed by atoms with Crippen LogP contribution in [0.4, 0.5) is 0 Å². The van der Waals surface area contributed by atoms with Crippen LogP contribution in [0.3, 0.4) is 0 Å². The third kappa shape index (κ3) is 2.52. The topological polar surface area (TPSA) is 27.7 Å². The fourth-order valence-electron chi connectivity index (χ4n) is 1.02. The number of hydrogen-bond acceptors (Lipinski definition) is 3. The van der Waals surface area contributed by atoms with E-state index in [4.69, 9.17) is 14.2 Å². The number of hydrogen-bond donors (Lipinski definition) is 0. The first-order valence-electron chi connectivity index (χ1n) is 3.68. The van der Waals surface area contributed by atoms with Crippen molar-refractivity contribution in [1.29, 1.82) is 0 Å². The molecule has 0 aromatic carbocycles. The molecule has 1 aliphatic heterocycles. The maximum absolute atomic E-state index is 5.46. The first-order valence-corrected chi connectivity index (χ1v) is 3.68. The lowest BCUT2D eigenvalue weighted by molar-refractivity contribution is -0.142. The van der Waals surface area contributed by atoms with Gasteiger partial charge in [0.2, 0.25) is 0 Å². The molecule has 0 bridgehead atoms. The maximum atomic E-state index is 5.46. The van der Waals surface area contributed by atoms with Crippen molar-refractivity contribution < 1.29 is 14.2 Å². The van der Waals surface area contributed by atoms with E-state index in [0.717, 1.165) is 0 Å². The Morgan fingerprint density at radius 1 is 1.73 bits per heavy atom. The average molecular weight is 158 g/mol. The van der Waals surface area contributed by atoms with Gasteiger partial charge >= 0.3 is 0 Å². The summed E-state index contributed by atoms with van der Waals surface area (Å²) in [6, 6.07) is 0.